The Kier molecular flexibility index (Phi) is 3.31. The van der Waals surface area contributed by atoms with E-state index >= 15 is 0 Å². The number of aliphatic hydroxyl groups excluding tert-OH is 1. The van der Waals surface area contributed by atoms with Crippen LogP contribution in [0.1, 0.15) is 43.7 Å². The summed E-state index contributed by atoms with van der Waals surface area (Å²) in [5, 5.41) is 13.5. The van der Waals surface area contributed by atoms with Crippen molar-refractivity contribution in [2.75, 3.05) is 6.61 Å². The maximum atomic E-state index is 9.73. The van der Waals surface area contributed by atoms with Crippen LogP contribution in [0.25, 0.3) is 0 Å². The van der Waals surface area contributed by atoms with Crippen molar-refractivity contribution >= 4 is 0 Å². The third kappa shape index (κ3) is 2.01. The van der Waals surface area contributed by atoms with E-state index in [-0.39, 0.29) is 12.6 Å². The molecule has 1 aromatic carbocycles. The van der Waals surface area contributed by atoms with Crippen LogP contribution in [-0.2, 0) is 0 Å². The molecule has 2 bridgehead atoms. The van der Waals surface area contributed by atoms with Gasteiger partial charge in [0.15, 0.2) is 0 Å². The number of benzene rings is 1. The van der Waals surface area contributed by atoms with Crippen molar-refractivity contribution in [3.8, 4) is 0 Å². The summed E-state index contributed by atoms with van der Waals surface area (Å²) < 4.78 is 0. The molecule has 2 nitrogen and oxygen atoms in total. The summed E-state index contributed by atoms with van der Waals surface area (Å²) in [6.45, 7) is 0.200. The topological polar surface area (TPSA) is 32.3 Å². The van der Waals surface area contributed by atoms with Crippen molar-refractivity contribution in [3.63, 3.8) is 0 Å². The first-order chi connectivity index (χ1) is 9.86. The Morgan fingerprint density at radius 3 is 2.65 bits per heavy atom. The summed E-state index contributed by atoms with van der Waals surface area (Å²) in [7, 11) is 0. The zero-order chi connectivity index (χ0) is 13.5. The second-order valence-corrected chi connectivity index (χ2v) is 7.07. The van der Waals surface area contributed by atoms with Crippen LogP contribution in [0.3, 0.4) is 0 Å². The summed E-state index contributed by atoms with van der Waals surface area (Å²) in [5.74, 6) is 3.88. The molecule has 0 saturated heterocycles. The molecule has 6 atom stereocenters. The number of aliphatic hydroxyl groups is 1. The molecule has 0 spiro atoms. The van der Waals surface area contributed by atoms with E-state index in [1.54, 1.807) is 0 Å². The Bertz CT molecular complexity index is 460. The van der Waals surface area contributed by atoms with Crippen LogP contribution in [0.5, 0.6) is 0 Å². The summed E-state index contributed by atoms with van der Waals surface area (Å²) >= 11 is 0. The normalized spacial score (nSPS) is 40.0. The Labute approximate surface area is 121 Å². The second kappa shape index (κ2) is 5.16. The quantitative estimate of drug-likeness (QED) is 0.882. The fourth-order valence-corrected chi connectivity index (χ4v) is 5.46. The molecule has 0 amide bonds. The smallest absolute Gasteiger partial charge is 0.0626 e. The van der Waals surface area contributed by atoms with Gasteiger partial charge in [-0.2, -0.15) is 0 Å². The molecule has 0 radical (unpaired) electrons. The first-order valence-electron chi connectivity index (χ1n) is 8.28. The van der Waals surface area contributed by atoms with Crippen molar-refractivity contribution in [3.05, 3.63) is 35.9 Å². The Balaban J connectivity index is 1.47. The van der Waals surface area contributed by atoms with Crippen LogP contribution in [-0.4, -0.2) is 17.8 Å². The van der Waals surface area contributed by atoms with Gasteiger partial charge in [0.1, 0.15) is 0 Å². The van der Waals surface area contributed by atoms with Gasteiger partial charge < -0.3 is 10.4 Å². The first-order valence-corrected chi connectivity index (χ1v) is 8.28. The largest absolute Gasteiger partial charge is 0.394 e. The average molecular weight is 271 g/mol. The molecule has 108 valence electrons. The van der Waals surface area contributed by atoms with Gasteiger partial charge in [0.05, 0.1) is 12.6 Å². The van der Waals surface area contributed by atoms with Crippen molar-refractivity contribution in [2.24, 2.45) is 23.7 Å². The van der Waals surface area contributed by atoms with Gasteiger partial charge in [-0.05, 0) is 54.9 Å². The van der Waals surface area contributed by atoms with Gasteiger partial charge in [0.2, 0.25) is 0 Å². The molecule has 0 heterocycles. The van der Waals surface area contributed by atoms with E-state index < -0.39 is 0 Å². The number of hydrogen-bond acceptors (Lipinski definition) is 2. The highest BCUT2D eigenvalue weighted by Gasteiger charge is 2.53. The van der Waals surface area contributed by atoms with Crippen molar-refractivity contribution in [1.82, 2.24) is 5.32 Å². The van der Waals surface area contributed by atoms with Crippen molar-refractivity contribution in [2.45, 2.75) is 44.2 Å². The van der Waals surface area contributed by atoms with Gasteiger partial charge in [-0.25, -0.2) is 0 Å². The first kappa shape index (κ1) is 12.8. The lowest BCUT2D eigenvalue weighted by molar-refractivity contribution is 0.171. The molecule has 6 unspecified atom stereocenters. The third-order valence-corrected chi connectivity index (χ3v) is 6.23. The molecular weight excluding hydrogens is 246 g/mol. The lowest BCUT2D eigenvalue weighted by atomic mass is 9.79. The predicted molar refractivity (Wildman–Crippen MR) is 80.2 cm³/mol. The van der Waals surface area contributed by atoms with E-state index in [1.165, 1.54) is 37.7 Å². The SMILES string of the molecule is OCC(NC1CC2CC1C1CCCC21)c1ccccc1. The standard InChI is InChI=1S/C18H25NO/c20-11-18(12-5-2-1-3-6-12)19-17-10-13-9-16(17)15-8-4-7-14(13)15/h1-3,5-6,13-20H,4,7-11H2. The van der Waals surface area contributed by atoms with E-state index in [9.17, 15) is 5.11 Å². The molecule has 0 aromatic heterocycles. The van der Waals surface area contributed by atoms with Crippen LogP contribution in [0.4, 0.5) is 0 Å². The van der Waals surface area contributed by atoms with Gasteiger partial charge >= 0.3 is 0 Å². The Hall–Kier alpha value is -0.860. The summed E-state index contributed by atoms with van der Waals surface area (Å²) in [5.41, 5.74) is 1.22. The average Bonchev–Trinajstić information content (AvgIpc) is 3.18. The number of rotatable bonds is 4. The predicted octanol–water partition coefficient (Wildman–Crippen LogP) is 3.13. The number of fused-ring (bicyclic) bond motifs is 5. The van der Waals surface area contributed by atoms with E-state index in [1.807, 2.05) is 6.07 Å². The second-order valence-electron chi connectivity index (χ2n) is 7.07. The molecule has 3 aliphatic rings. The molecule has 3 fully saturated rings. The van der Waals surface area contributed by atoms with E-state index in [0.29, 0.717) is 6.04 Å². The minimum Gasteiger partial charge on any atom is -0.394 e. The highest BCUT2D eigenvalue weighted by molar-refractivity contribution is 5.19. The fourth-order valence-electron chi connectivity index (χ4n) is 5.46. The van der Waals surface area contributed by atoms with Crippen molar-refractivity contribution < 1.29 is 5.11 Å². The minimum absolute atomic E-state index is 0.111. The highest BCUT2D eigenvalue weighted by Crippen LogP contribution is 2.58. The van der Waals surface area contributed by atoms with Gasteiger partial charge in [0.25, 0.3) is 0 Å². The van der Waals surface area contributed by atoms with Gasteiger partial charge in [-0.15, -0.1) is 0 Å². The lowest BCUT2D eigenvalue weighted by Crippen LogP contribution is -2.42. The third-order valence-electron chi connectivity index (χ3n) is 6.23. The maximum Gasteiger partial charge on any atom is 0.0626 e. The fraction of sp³-hybridized carbons (Fsp3) is 0.667. The number of nitrogens with one attached hydrogen (secondary N) is 1. The minimum atomic E-state index is 0.111. The molecule has 2 heteroatoms. The lowest BCUT2D eigenvalue weighted by Gasteiger charge is -2.34. The highest BCUT2D eigenvalue weighted by atomic mass is 16.3. The van der Waals surface area contributed by atoms with E-state index in [4.69, 9.17) is 0 Å². The molecular formula is C18H25NO. The van der Waals surface area contributed by atoms with Gasteiger partial charge in [-0.3, -0.25) is 0 Å². The Morgan fingerprint density at radius 2 is 1.85 bits per heavy atom. The van der Waals surface area contributed by atoms with Crippen LogP contribution in [0, 0.1) is 23.7 Å². The summed E-state index contributed by atoms with van der Waals surface area (Å²) in [6.07, 6.45) is 7.19. The van der Waals surface area contributed by atoms with Crippen LogP contribution >= 0.6 is 0 Å². The zero-order valence-electron chi connectivity index (χ0n) is 12.0. The van der Waals surface area contributed by atoms with E-state index in [2.05, 4.69) is 29.6 Å². The molecule has 2 N–H and O–H groups in total. The number of hydrogen-bond donors (Lipinski definition) is 2. The Morgan fingerprint density at radius 1 is 1.05 bits per heavy atom. The zero-order valence-corrected chi connectivity index (χ0v) is 12.0. The molecule has 1 aromatic rings. The molecule has 3 saturated carbocycles. The molecule has 20 heavy (non-hydrogen) atoms. The van der Waals surface area contributed by atoms with Crippen LogP contribution in [0.2, 0.25) is 0 Å². The summed E-state index contributed by atoms with van der Waals surface area (Å²) in [4.78, 5) is 0. The molecule has 0 aliphatic heterocycles. The van der Waals surface area contributed by atoms with Crippen molar-refractivity contribution in [1.29, 1.82) is 0 Å². The van der Waals surface area contributed by atoms with E-state index in [0.717, 1.165) is 23.7 Å². The monoisotopic (exact) mass is 271 g/mol. The summed E-state index contributed by atoms with van der Waals surface area (Å²) in [6, 6.07) is 11.2. The van der Waals surface area contributed by atoms with Crippen LogP contribution < -0.4 is 5.32 Å². The van der Waals surface area contributed by atoms with Crippen LogP contribution in [0.15, 0.2) is 30.3 Å². The van der Waals surface area contributed by atoms with Gasteiger partial charge in [0, 0.05) is 6.04 Å². The van der Waals surface area contributed by atoms with Gasteiger partial charge in [-0.1, -0.05) is 36.8 Å². The molecule has 4 rings (SSSR count). The molecule has 3 aliphatic carbocycles. The maximum absolute atomic E-state index is 9.73.